The van der Waals surface area contributed by atoms with Crippen LogP contribution < -0.4 is 5.32 Å². The molecule has 3 heterocycles. The van der Waals surface area contributed by atoms with E-state index in [-0.39, 0.29) is 34.2 Å². The molecule has 5 rings (SSSR count). The number of carboxylic acids is 2. The highest BCUT2D eigenvalue weighted by Gasteiger charge is 2.60. The largest absolute Gasteiger partial charge is 0.478 e. The van der Waals surface area contributed by atoms with E-state index in [1.165, 1.54) is 28.8 Å². The predicted molar refractivity (Wildman–Crippen MR) is 153 cm³/mol. The van der Waals surface area contributed by atoms with Crippen molar-refractivity contribution in [3.05, 3.63) is 75.8 Å². The zero-order valence-electron chi connectivity index (χ0n) is 23.0. The Hall–Kier alpha value is -3.67. The molecule has 0 aromatic heterocycles. The van der Waals surface area contributed by atoms with Crippen LogP contribution in [0.1, 0.15) is 41.8 Å². The van der Waals surface area contributed by atoms with Gasteiger partial charge in [0.1, 0.15) is 5.70 Å². The number of aliphatic carboxylic acids is 1. The Morgan fingerprint density at radius 2 is 1.80 bits per heavy atom. The second kappa shape index (κ2) is 11.3. The normalized spacial score (nSPS) is 26.5. The molecule has 2 aromatic carbocycles. The van der Waals surface area contributed by atoms with Gasteiger partial charge in [-0.1, -0.05) is 42.8 Å². The predicted octanol–water partition coefficient (Wildman–Crippen LogP) is 3.16. The molecular formula is C30H33N3O7S. The smallest absolute Gasteiger partial charge is 0.353 e. The van der Waals surface area contributed by atoms with Crippen LogP contribution in [0.25, 0.3) is 0 Å². The summed E-state index contributed by atoms with van der Waals surface area (Å²) in [7, 11) is 0. The Bertz CT molecular complexity index is 1420. The topological polar surface area (TPSA) is 147 Å². The van der Waals surface area contributed by atoms with E-state index in [1.807, 2.05) is 38.1 Å². The molecule has 41 heavy (non-hydrogen) atoms. The number of nitrogens with one attached hydrogen (secondary N) is 1. The van der Waals surface area contributed by atoms with Gasteiger partial charge in [0.15, 0.2) is 0 Å². The third-order valence-electron chi connectivity index (χ3n) is 8.16. The lowest BCUT2D eigenvalue weighted by Crippen LogP contribution is -2.63. The highest BCUT2D eigenvalue weighted by molar-refractivity contribution is 8.03. The minimum Gasteiger partial charge on any atom is -0.478 e. The number of aliphatic hydroxyl groups excluding tert-OH is 1. The van der Waals surface area contributed by atoms with Crippen LogP contribution in [0, 0.1) is 18.8 Å². The number of benzene rings is 2. The SMILES string of the molecule is Cc1ccc(CN2C[C@@H](SC3=C(C(=O)O)N4C(=O)[C@H]([C@@H](C)O)[C@H]4[C@H]3C)C[C@H]2C(=O)Nc2cccc(C(=O)O)c2)cc1. The fraction of sp³-hybridized carbons (Fsp3) is 0.400. The standard InChI is InChI=1S/C30H33N3O7S/c1-15-7-9-18(10-8-15)13-32-14-21(12-22(32)27(35)31-20-6-4-5-19(11-20)29(37)38)41-26-16(2)24-23(17(3)34)28(36)33(24)25(26)30(39)40/h4-11,16-17,21-24,34H,12-14H2,1-3H3,(H,31,35)(H,37,38)(H,39,40)/t16-,17-,21+,22+,23-,24-/m1/s1. The van der Waals surface area contributed by atoms with Crippen molar-refractivity contribution < 1.29 is 34.5 Å². The number of hydrogen-bond acceptors (Lipinski definition) is 7. The summed E-state index contributed by atoms with van der Waals surface area (Å²) in [5, 5.41) is 32.2. The molecule has 0 saturated carbocycles. The molecule has 216 valence electrons. The van der Waals surface area contributed by atoms with Crippen molar-refractivity contribution in [3.63, 3.8) is 0 Å². The van der Waals surface area contributed by atoms with Crippen LogP contribution in [0.4, 0.5) is 5.69 Å². The van der Waals surface area contributed by atoms with Crippen LogP contribution in [-0.4, -0.2) is 78.9 Å². The first-order valence-corrected chi connectivity index (χ1v) is 14.4. The summed E-state index contributed by atoms with van der Waals surface area (Å²) in [5.41, 5.74) is 2.57. The maximum absolute atomic E-state index is 13.5. The molecule has 3 aliphatic rings. The molecule has 2 aromatic rings. The number of nitrogens with zero attached hydrogens (tertiary/aromatic N) is 2. The van der Waals surface area contributed by atoms with Gasteiger partial charge in [-0.25, -0.2) is 9.59 Å². The Morgan fingerprint density at radius 1 is 1.10 bits per heavy atom. The van der Waals surface area contributed by atoms with E-state index in [0.717, 1.165) is 11.1 Å². The number of hydrogen-bond donors (Lipinski definition) is 4. The van der Waals surface area contributed by atoms with Crippen LogP contribution in [0.5, 0.6) is 0 Å². The molecule has 0 unspecified atom stereocenters. The zero-order chi connectivity index (χ0) is 29.6. The van der Waals surface area contributed by atoms with Crippen molar-refractivity contribution in [1.29, 1.82) is 0 Å². The summed E-state index contributed by atoms with van der Waals surface area (Å²) in [6.45, 7) is 6.44. The van der Waals surface area contributed by atoms with E-state index in [9.17, 15) is 34.5 Å². The number of β-lactam (4-membered cyclic amide) rings is 1. The number of carbonyl (C=O) groups is 4. The summed E-state index contributed by atoms with van der Waals surface area (Å²) in [6.07, 6.45) is -0.447. The number of aromatic carboxylic acids is 1. The lowest BCUT2D eigenvalue weighted by molar-refractivity contribution is -0.163. The lowest BCUT2D eigenvalue weighted by Gasteiger charge is -2.46. The van der Waals surface area contributed by atoms with E-state index >= 15 is 0 Å². The van der Waals surface area contributed by atoms with Crippen LogP contribution in [0.15, 0.2) is 59.1 Å². The third-order valence-corrected chi connectivity index (χ3v) is 9.65. The molecule has 0 bridgehead atoms. The molecular weight excluding hydrogens is 546 g/mol. The molecule has 2 fully saturated rings. The fourth-order valence-electron chi connectivity index (χ4n) is 6.14. The van der Waals surface area contributed by atoms with Crippen LogP contribution in [0.3, 0.4) is 0 Å². The number of thioether (sulfide) groups is 1. The van der Waals surface area contributed by atoms with Crippen molar-refractivity contribution in [1.82, 2.24) is 9.80 Å². The minimum absolute atomic E-state index is 0.0297. The fourth-order valence-corrected chi connectivity index (χ4v) is 7.69. The summed E-state index contributed by atoms with van der Waals surface area (Å²) in [4.78, 5) is 53.9. The summed E-state index contributed by atoms with van der Waals surface area (Å²) in [6, 6.07) is 13.2. The first kappa shape index (κ1) is 28.8. The molecule has 0 spiro atoms. The summed E-state index contributed by atoms with van der Waals surface area (Å²) in [5.74, 6) is -3.82. The monoisotopic (exact) mass is 579 g/mol. The third kappa shape index (κ3) is 5.49. The average molecular weight is 580 g/mol. The van der Waals surface area contributed by atoms with Gasteiger partial charge >= 0.3 is 11.9 Å². The first-order chi connectivity index (χ1) is 19.5. The highest BCUT2D eigenvalue weighted by Crippen LogP contribution is 2.52. The molecule has 0 radical (unpaired) electrons. The van der Waals surface area contributed by atoms with Gasteiger partial charge in [0, 0.05) is 34.8 Å². The molecule has 11 heteroatoms. The van der Waals surface area contributed by atoms with Crippen molar-refractivity contribution in [2.75, 3.05) is 11.9 Å². The summed E-state index contributed by atoms with van der Waals surface area (Å²) >= 11 is 1.40. The minimum atomic E-state index is -1.18. The van der Waals surface area contributed by atoms with Gasteiger partial charge in [0.05, 0.1) is 29.7 Å². The quantitative estimate of drug-likeness (QED) is 0.329. The molecule has 2 amide bonds. The number of carboxylic acid groups (broad SMARTS) is 2. The number of fused-ring (bicyclic) bond motifs is 1. The van der Waals surface area contributed by atoms with E-state index < -0.39 is 36.0 Å². The van der Waals surface area contributed by atoms with Gasteiger partial charge in [0.2, 0.25) is 11.8 Å². The number of carbonyl (C=O) groups excluding carboxylic acids is 2. The Balaban J connectivity index is 1.39. The van der Waals surface area contributed by atoms with Crippen molar-refractivity contribution in [2.24, 2.45) is 11.8 Å². The van der Waals surface area contributed by atoms with Gasteiger partial charge in [-0.05, 0) is 44.0 Å². The number of likely N-dealkylation sites (tertiary alicyclic amines) is 1. The van der Waals surface area contributed by atoms with Crippen LogP contribution >= 0.6 is 11.8 Å². The second-order valence-electron chi connectivity index (χ2n) is 11.1. The number of amides is 2. The average Bonchev–Trinajstić information content (AvgIpc) is 3.42. The lowest BCUT2D eigenvalue weighted by atomic mass is 9.79. The second-order valence-corrected chi connectivity index (χ2v) is 12.4. The number of aryl methyl sites for hydroxylation is 1. The summed E-state index contributed by atoms with van der Waals surface area (Å²) < 4.78 is 0. The van der Waals surface area contributed by atoms with Gasteiger partial charge < -0.3 is 25.5 Å². The molecule has 3 aliphatic heterocycles. The van der Waals surface area contributed by atoms with Crippen LogP contribution in [0.2, 0.25) is 0 Å². The van der Waals surface area contributed by atoms with E-state index in [0.29, 0.717) is 30.1 Å². The molecule has 4 N–H and O–H groups in total. The van der Waals surface area contributed by atoms with Gasteiger partial charge in [0.25, 0.3) is 0 Å². The van der Waals surface area contributed by atoms with Crippen molar-refractivity contribution in [3.8, 4) is 0 Å². The van der Waals surface area contributed by atoms with E-state index in [1.54, 1.807) is 19.1 Å². The molecule has 6 atom stereocenters. The highest BCUT2D eigenvalue weighted by atomic mass is 32.2. The number of aliphatic hydroxyl groups is 1. The molecule has 10 nitrogen and oxygen atoms in total. The van der Waals surface area contributed by atoms with Gasteiger partial charge in [-0.15, -0.1) is 11.8 Å². The Morgan fingerprint density at radius 3 is 2.44 bits per heavy atom. The molecule has 0 aliphatic carbocycles. The molecule has 2 saturated heterocycles. The van der Waals surface area contributed by atoms with Gasteiger partial charge in [-0.2, -0.15) is 0 Å². The van der Waals surface area contributed by atoms with E-state index in [4.69, 9.17) is 0 Å². The van der Waals surface area contributed by atoms with Crippen LogP contribution in [-0.2, 0) is 20.9 Å². The van der Waals surface area contributed by atoms with Crippen molar-refractivity contribution in [2.45, 2.75) is 57.2 Å². The zero-order valence-corrected chi connectivity index (χ0v) is 23.8. The Kier molecular flexibility index (Phi) is 7.95. The maximum Gasteiger partial charge on any atom is 0.353 e. The maximum atomic E-state index is 13.5. The number of anilines is 1. The Labute approximate surface area is 242 Å². The van der Waals surface area contributed by atoms with Gasteiger partial charge in [-0.3, -0.25) is 14.5 Å². The van der Waals surface area contributed by atoms with Crippen molar-refractivity contribution >= 4 is 41.2 Å². The van der Waals surface area contributed by atoms with E-state index in [2.05, 4.69) is 10.2 Å². The first-order valence-electron chi connectivity index (χ1n) is 13.5. The number of rotatable bonds is 9.